The third kappa shape index (κ3) is 14.1. The van der Waals surface area contributed by atoms with E-state index in [1.807, 2.05) is 0 Å². The Balaban J connectivity index is 3.35. The van der Waals surface area contributed by atoms with Crippen LogP contribution < -0.4 is 0 Å². The highest BCUT2D eigenvalue weighted by Crippen LogP contribution is 2.08. The van der Waals surface area contributed by atoms with Crippen molar-refractivity contribution in [2.24, 2.45) is 0 Å². The SMILES string of the molecule is C#CCN1CCC(=O)N(CC#C)CCC(=O)N(CC#C)CCC(=O)N(CC#C)CCC(=O)N(CC#C)CCC(=O)N(CC#C)CCC1=O. The van der Waals surface area contributed by atoms with Crippen molar-refractivity contribution in [1.82, 2.24) is 29.4 Å². The first kappa shape index (κ1) is 40.2. The minimum absolute atomic E-state index is 0.0252. The number of carbonyl (C=O) groups is 6. The summed E-state index contributed by atoms with van der Waals surface area (Å²) in [7, 11) is 0. The van der Waals surface area contributed by atoms with Crippen molar-refractivity contribution in [2.75, 3.05) is 78.5 Å². The van der Waals surface area contributed by atoms with Crippen molar-refractivity contribution in [2.45, 2.75) is 38.5 Å². The summed E-state index contributed by atoms with van der Waals surface area (Å²) in [5.41, 5.74) is 0. The average molecular weight is 655 g/mol. The fourth-order valence-electron chi connectivity index (χ4n) is 4.75. The van der Waals surface area contributed by atoms with Gasteiger partial charge in [0.15, 0.2) is 0 Å². The maximum atomic E-state index is 13.1. The highest BCUT2D eigenvalue weighted by atomic mass is 16.2. The molecule has 0 aromatic carbocycles. The van der Waals surface area contributed by atoms with E-state index in [9.17, 15) is 28.8 Å². The van der Waals surface area contributed by atoms with Crippen LogP contribution in [0, 0.1) is 74.1 Å². The van der Waals surface area contributed by atoms with Gasteiger partial charge >= 0.3 is 0 Å². The molecule has 0 N–H and O–H groups in total. The Morgan fingerprint density at radius 3 is 0.542 bits per heavy atom. The molecule has 1 heterocycles. The molecule has 0 saturated carbocycles. The Hall–Kier alpha value is -5.82. The fraction of sp³-hybridized carbons (Fsp3) is 0.500. The Morgan fingerprint density at radius 1 is 0.312 bits per heavy atom. The molecule has 6 amide bonds. The molecule has 252 valence electrons. The summed E-state index contributed by atoms with van der Waals surface area (Å²) in [6, 6.07) is 0. The van der Waals surface area contributed by atoms with E-state index in [0.717, 1.165) is 0 Å². The average Bonchev–Trinajstić information content (AvgIpc) is 3.07. The first-order chi connectivity index (χ1) is 23.1. The number of hydrogen-bond acceptors (Lipinski definition) is 6. The van der Waals surface area contributed by atoms with Crippen LogP contribution in [-0.4, -0.2) is 143 Å². The van der Waals surface area contributed by atoms with Crippen LogP contribution in [0.1, 0.15) is 38.5 Å². The lowest BCUT2D eigenvalue weighted by Crippen LogP contribution is -2.43. The monoisotopic (exact) mass is 654 g/mol. The zero-order valence-electron chi connectivity index (χ0n) is 27.3. The first-order valence-corrected chi connectivity index (χ1v) is 15.3. The van der Waals surface area contributed by atoms with Gasteiger partial charge in [0.2, 0.25) is 35.4 Å². The molecular formula is C36H42N6O6. The van der Waals surface area contributed by atoms with Crippen LogP contribution in [0.25, 0.3) is 0 Å². The summed E-state index contributed by atoms with van der Waals surface area (Å²) >= 11 is 0. The van der Waals surface area contributed by atoms with Gasteiger partial charge in [-0.1, -0.05) is 35.5 Å². The molecule has 0 aromatic heterocycles. The van der Waals surface area contributed by atoms with E-state index in [4.69, 9.17) is 38.5 Å². The van der Waals surface area contributed by atoms with Gasteiger partial charge in [0.25, 0.3) is 0 Å². The van der Waals surface area contributed by atoms with Gasteiger partial charge in [-0.25, -0.2) is 0 Å². The standard InChI is InChI=1S/C36H42N6O6/c1-7-19-37-25-13-32(44)39(21-9-3)27-15-34(46)41(23-11-5)29-17-36(48)42(24-12-6)30-18-35(47)40(22-10-4)28-16-33(45)38(20-8-2)26-14-31(37)43/h1-6H,13-30H2. The topological polar surface area (TPSA) is 122 Å². The smallest absolute Gasteiger partial charge is 0.225 e. The van der Waals surface area contributed by atoms with Gasteiger partial charge in [-0.15, -0.1) is 38.5 Å². The third-order valence-corrected chi connectivity index (χ3v) is 7.38. The minimum atomic E-state index is -0.399. The highest BCUT2D eigenvalue weighted by molar-refractivity contribution is 5.83. The molecule has 1 saturated heterocycles. The van der Waals surface area contributed by atoms with Crippen LogP contribution in [0.2, 0.25) is 0 Å². The minimum Gasteiger partial charge on any atom is -0.331 e. The van der Waals surface area contributed by atoms with Crippen LogP contribution in [0.15, 0.2) is 0 Å². The molecule has 0 radical (unpaired) electrons. The molecule has 0 bridgehead atoms. The van der Waals surface area contributed by atoms with E-state index < -0.39 is 35.4 Å². The maximum Gasteiger partial charge on any atom is 0.225 e. The molecule has 0 atom stereocenters. The lowest BCUT2D eigenvalue weighted by atomic mass is 10.2. The molecule has 48 heavy (non-hydrogen) atoms. The fourth-order valence-corrected chi connectivity index (χ4v) is 4.75. The quantitative estimate of drug-likeness (QED) is 0.343. The van der Waals surface area contributed by atoms with Crippen LogP contribution in [-0.2, 0) is 28.8 Å². The number of hydrogen-bond donors (Lipinski definition) is 0. The lowest BCUT2D eigenvalue weighted by Gasteiger charge is -2.28. The van der Waals surface area contributed by atoms with E-state index in [1.54, 1.807) is 0 Å². The van der Waals surface area contributed by atoms with Crippen molar-refractivity contribution >= 4 is 35.4 Å². The maximum absolute atomic E-state index is 13.1. The lowest BCUT2D eigenvalue weighted by molar-refractivity contribution is -0.135. The Kier molecular flexibility index (Phi) is 19.0. The number of amides is 6. The van der Waals surface area contributed by atoms with Crippen LogP contribution in [0.5, 0.6) is 0 Å². The number of rotatable bonds is 6. The van der Waals surface area contributed by atoms with Crippen LogP contribution >= 0.6 is 0 Å². The Bertz CT molecular complexity index is 1150. The number of carbonyl (C=O) groups excluding carboxylic acids is 6. The summed E-state index contributed by atoms with van der Waals surface area (Å²) in [4.78, 5) is 86.5. The van der Waals surface area contributed by atoms with E-state index >= 15 is 0 Å². The van der Waals surface area contributed by atoms with Gasteiger partial charge in [-0.3, -0.25) is 28.8 Å². The van der Waals surface area contributed by atoms with Crippen molar-refractivity contribution in [3.05, 3.63) is 0 Å². The van der Waals surface area contributed by atoms with Crippen molar-refractivity contribution in [1.29, 1.82) is 0 Å². The van der Waals surface area contributed by atoms with Crippen LogP contribution in [0.4, 0.5) is 0 Å². The highest BCUT2D eigenvalue weighted by Gasteiger charge is 2.24. The molecule has 1 rings (SSSR count). The first-order valence-electron chi connectivity index (χ1n) is 15.3. The molecule has 1 aliphatic heterocycles. The molecular weight excluding hydrogens is 612 g/mol. The number of nitrogens with zero attached hydrogens (tertiary/aromatic N) is 6. The second-order valence-electron chi connectivity index (χ2n) is 10.6. The zero-order chi connectivity index (χ0) is 35.9. The predicted molar refractivity (Wildman–Crippen MR) is 180 cm³/mol. The Labute approximate surface area is 284 Å². The summed E-state index contributed by atoms with van der Waals surface area (Å²) in [6.45, 7) is -0.624. The summed E-state index contributed by atoms with van der Waals surface area (Å²) in [5, 5.41) is 0. The molecule has 0 spiro atoms. The largest absolute Gasteiger partial charge is 0.331 e. The Morgan fingerprint density at radius 2 is 0.438 bits per heavy atom. The van der Waals surface area contributed by atoms with E-state index in [0.29, 0.717) is 0 Å². The normalized spacial score (nSPS) is 17.4. The van der Waals surface area contributed by atoms with E-state index in [1.165, 1.54) is 29.4 Å². The summed E-state index contributed by atoms with van der Waals surface area (Å²) < 4.78 is 0. The van der Waals surface area contributed by atoms with E-state index in [2.05, 4.69) is 35.5 Å². The van der Waals surface area contributed by atoms with Gasteiger partial charge in [0.1, 0.15) is 0 Å². The van der Waals surface area contributed by atoms with E-state index in [-0.39, 0.29) is 117 Å². The van der Waals surface area contributed by atoms with Gasteiger partial charge in [0.05, 0.1) is 39.3 Å². The molecule has 1 aliphatic rings. The summed E-state index contributed by atoms with van der Waals surface area (Å²) in [6.07, 6.45) is 32.1. The van der Waals surface area contributed by atoms with Crippen molar-refractivity contribution < 1.29 is 28.8 Å². The van der Waals surface area contributed by atoms with Gasteiger partial charge in [0, 0.05) is 77.8 Å². The predicted octanol–water partition coefficient (Wildman–Crippen LogP) is -0.889. The van der Waals surface area contributed by atoms with Gasteiger partial charge < -0.3 is 29.4 Å². The zero-order valence-corrected chi connectivity index (χ0v) is 27.3. The third-order valence-electron chi connectivity index (χ3n) is 7.38. The number of terminal acetylenes is 6. The molecule has 0 aliphatic carbocycles. The van der Waals surface area contributed by atoms with Gasteiger partial charge in [-0.2, -0.15) is 0 Å². The van der Waals surface area contributed by atoms with Crippen LogP contribution in [0.3, 0.4) is 0 Å². The second kappa shape index (κ2) is 22.6. The van der Waals surface area contributed by atoms with Crippen molar-refractivity contribution in [3.63, 3.8) is 0 Å². The molecule has 1 fully saturated rings. The molecule has 12 nitrogen and oxygen atoms in total. The molecule has 0 unspecified atom stereocenters. The molecule has 12 heteroatoms. The second-order valence-corrected chi connectivity index (χ2v) is 10.6. The van der Waals surface area contributed by atoms with Gasteiger partial charge in [-0.05, 0) is 0 Å². The van der Waals surface area contributed by atoms with Crippen molar-refractivity contribution in [3.8, 4) is 74.1 Å². The summed E-state index contributed by atoms with van der Waals surface area (Å²) in [5.74, 6) is 12.0. The molecule has 0 aromatic rings.